The van der Waals surface area contributed by atoms with Crippen molar-refractivity contribution in [2.75, 3.05) is 34.4 Å². The molecule has 0 atom stereocenters. The van der Waals surface area contributed by atoms with Crippen molar-refractivity contribution in [3.8, 4) is 17.2 Å². The van der Waals surface area contributed by atoms with Crippen molar-refractivity contribution in [1.29, 1.82) is 0 Å². The zero-order valence-electron chi connectivity index (χ0n) is 17.8. The quantitative estimate of drug-likeness (QED) is 0.410. The van der Waals surface area contributed by atoms with Gasteiger partial charge >= 0.3 is 0 Å². The largest absolute Gasteiger partial charge is 0.496 e. The van der Waals surface area contributed by atoms with Crippen LogP contribution in [0.2, 0.25) is 0 Å². The zero-order valence-corrected chi connectivity index (χ0v) is 17.8. The van der Waals surface area contributed by atoms with E-state index in [9.17, 15) is 0 Å². The molecular formula is C21H28N6O3. The van der Waals surface area contributed by atoms with Crippen LogP contribution >= 0.6 is 0 Å². The molecule has 0 spiro atoms. The summed E-state index contributed by atoms with van der Waals surface area (Å²) >= 11 is 0. The first-order valence-corrected chi connectivity index (χ1v) is 9.79. The van der Waals surface area contributed by atoms with Gasteiger partial charge in [-0.25, -0.2) is 4.99 Å². The lowest BCUT2D eigenvalue weighted by Gasteiger charge is -2.16. The fraction of sp³-hybridized carbons (Fsp3) is 0.381. The first kappa shape index (κ1) is 21.2. The highest BCUT2D eigenvalue weighted by Crippen LogP contribution is 2.34. The van der Waals surface area contributed by atoms with E-state index < -0.39 is 0 Å². The molecule has 0 fully saturated rings. The molecule has 0 bridgehead atoms. The van der Waals surface area contributed by atoms with E-state index in [4.69, 9.17) is 14.2 Å². The second-order valence-corrected chi connectivity index (χ2v) is 6.43. The number of aliphatic imine (C=N–C) groups is 1. The van der Waals surface area contributed by atoms with Gasteiger partial charge < -0.3 is 24.8 Å². The number of hydrogen-bond acceptors (Lipinski definition) is 6. The van der Waals surface area contributed by atoms with E-state index >= 15 is 0 Å². The molecule has 3 aromatic rings. The topological polar surface area (TPSA) is 94.3 Å². The van der Waals surface area contributed by atoms with Crippen molar-refractivity contribution in [2.45, 2.75) is 19.9 Å². The Morgan fingerprint density at radius 2 is 1.80 bits per heavy atom. The molecule has 9 nitrogen and oxygen atoms in total. The molecule has 0 radical (unpaired) electrons. The van der Waals surface area contributed by atoms with Crippen LogP contribution in [-0.4, -0.2) is 55.0 Å². The number of nitrogens with one attached hydrogen (secondary N) is 2. The first-order chi connectivity index (χ1) is 14.7. The summed E-state index contributed by atoms with van der Waals surface area (Å²) in [5.41, 5.74) is 1.77. The van der Waals surface area contributed by atoms with Gasteiger partial charge in [0.15, 0.2) is 17.4 Å². The minimum absolute atomic E-state index is 0.412. The molecule has 0 saturated heterocycles. The lowest BCUT2D eigenvalue weighted by molar-refractivity contribution is 0.368. The molecule has 3 rings (SSSR count). The number of fused-ring (bicyclic) bond motifs is 1. The molecule has 0 saturated carbocycles. The van der Waals surface area contributed by atoms with E-state index in [-0.39, 0.29) is 0 Å². The highest BCUT2D eigenvalue weighted by Gasteiger charge is 2.13. The molecule has 0 unspecified atom stereocenters. The molecule has 0 aliphatic carbocycles. The van der Waals surface area contributed by atoms with Gasteiger partial charge in [0.25, 0.3) is 0 Å². The normalized spacial score (nSPS) is 11.4. The Balaban J connectivity index is 1.68. The van der Waals surface area contributed by atoms with Crippen LogP contribution in [0.4, 0.5) is 0 Å². The third kappa shape index (κ3) is 4.91. The monoisotopic (exact) mass is 412 g/mol. The van der Waals surface area contributed by atoms with Crippen LogP contribution in [-0.2, 0) is 13.0 Å². The SMILES string of the molecule is CCNC(=NCc1nnc2ccccn12)NCCc1c(OC)cc(OC)cc1OC. The lowest BCUT2D eigenvalue weighted by atomic mass is 10.1. The average Bonchev–Trinajstić information content (AvgIpc) is 3.20. The number of benzene rings is 1. The number of pyridine rings is 1. The number of guanidine groups is 1. The number of aromatic nitrogens is 3. The third-order valence-electron chi connectivity index (χ3n) is 4.59. The van der Waals surface area contributed by atoms with Crippen LogP contribution in [0.3, 0.4) is 0 Å². The number of methoxy groups -OCH3 is 3. The summed E-state index contributed by atoms with van der Waals surface area (Å²) in [5, 5.41) is 15.0. The third-order valence-corrected chi connectivity index (χ3v) is 4.59. The van der Waals surface area contributed by atoms with E-state index in [1.54, 1.807) is 21.3 Å². The van der Waals surface area contributed by atoms with Gasteiger partial charge in [-0.05, 0) is 25.5 Å². The van der Waals surface area contributed by atoms with Crippen LogP contribution in [0, 0.1) is 0 Å². The smallest absolute Gasteiger partial charge is 0.191 e. The number of hydrogen-bond donors (Lipinski definition) is 2. The van der Waals surface area contributed by atoms with E-state index in [1.165, 1.54) is 0 Å². The van der Waals surface area contributed by atoms with Gasteiger partial charge in [-0.15, -0.1) is 10.2 Å². The van der Waals surface area contributed by atoms with Gasteiger partial charge in [0.2, 0.25) is 0 Å². The Hall–Kier alpha value is -3.49. The molecule has 0 aliphatic heterocycles. The first-order valence-electron chi connectivity index (χ1n) is 9.79. The van der Waals surface area contributed by atoms with Crippen molar-refractivity contribution < 1.29 is 14.2 Å². The molecule has 1 aromatic carbocycles. The fourth-order valence-corrected chi connectivity index (χ4v) is 3.12. The Morgan fingerprint density at radius 1 is 1.03 bits per heavy atom. The summed E-state index contributed by atoms with van der Waals surface area (Å²) in [4.78, 5) is 4.64. The molecule has 0 aliphatic rings. The van der Waals surface area contributed by atoms with Crippen LogP contribution in [0.1, 0.15) is 18.3 Å². The predicted molar refractivity (Wildman–Crippen MR) is 116 cm³/mol. The molecule has 2 N–H and O–H groups in total. The maximum Gasteiger partial charge on any atom is 0.191 e. The second kappa shape index (κ2) is 10.3. The summed E-state index contributed by atoms with van der Waals surface area (Å²) in [6, 6.07) is 9.51. The van der Waals surface area contributed by atoms with Crippen LogP contribution in [0.5, 0.6) is 17.2 Å². The molecule has 0 amide bonds. The van der Waals surface area contributed by atoms with Crippen LogP contribution in [0.25, 0.3) is 5.65 Å². The summed E-state index contributed by atoms with van der Waals surface area (Å²) in [6.45, 7) is 3.84. The van der Waals surface area contributed by atoms with E-state index in [0.29, 0.717) is 31.2 Å². The highest BCUT2D eigenvalue weighted by atomic mass is 16.5. The molecule has 2 aromatic heterocycles. The maximum atomic E-state index is 5.52. The second-order valence-electron chi connectivity index (χ2n) is 6.43. The summed E-state index contributed by atoms with van der Waals surface area (Å²) in [5.74, 6) is 3.63. The van der Waals surface area contributed by atoms with Crippen molar-refractivity contribution in [3.05, 3.63) is 47.9 Å². The molecule has 160 valence electrons. The lowest BCUT2D eigenvalue weighted by Crippen LogP contribution is -2.38. The number of ether oxygens (including phenoxy) is 3. The standard InChI is InChI=1S/C21H28N6O3/c1-5-22-21(24-14-20-26-25-19-8-6-7-11-27(19)20)23-10-9-16-17(29-3)12-15(28-2)13-18(16)30-4/h6-8,11-13H,5,9-10,14H2,1-4H3,(H2,22,23,24). The summed E-state index contributed by atoms with van der Waals surface area (Å²) in [7, 11) is 4.90. The number of rotatable bonds is 9. The van der Waals surface area contributed by atoms with Crippen molar-refractivity contribution >= 4 is 11.6 Å². The van der Waals surface area contributed by atoms with Gasteiger partial charge in [0.1, 0.15) is 23.8 Å². The number of nitrogens with zero attached hydrogens (tertiary/aromatic N) is 4. The molecule has 9 heteroatoms. The Morgan fingerprint density at radius 3 is 2.47 bits per heavy atom. The van der Waals surface area contributed by atoms with Crippen molar-refractivity contribution in [2.24, 2.45) is 4.99 Å². The maximum absolute atomic E-state index is 5.52. The minimum atomic E-state index is 0.412. The van der Waals surface area contributed by atoms with Crippen molar-refractivity contribution in [1.82, 2.24) is 25.2 Å². The summed E-state index contributed by atoms with van der Waals surface area (Å²) in [6.07, 6.45) is 2.62. The van der Waals surface area contributed by atoms with Gasteiger partial charge in [0.05, 0.1) is 21.3 Å². The average molecular weight is 412 g/mol. The Bertz CT molecular complexity index is 976. The van der Waals surface area contributed by atoms with Gasteiger partial charge in [-0.2, -0.15) is 0 Å². The Kier molecular flexibility index (Phi) is 7.31. The molecule has 2 heterocycles. The fourth-order valence-electron chi connectivity index (χ4n) is 3.12. The van der Waals surface area contributed by atoms with Crippen molar-refractivity contribution in [3.63, 3.8) is 0 Å². The Labute approximate surface area is 176 Å². The van der Waals surface area contributed by atoms with E-state index in [2.05, 4.69) is 25.8 Å². The van der Waals surface area contributed by atoms with Crippen LogP contribution < -0.4 is 24.8 Å². The predicted octanol–water partition coefficient (Wildman–Crippen LogP) is 2.05. The van der Waals surface area contributed by atoms with Gasteiger partial charge in [-0.3, -0.25) is 4.40 Å². The highest BCUT2D eigenvalue weighted by molar-refractivity contribution is 5.79. The zero-order chi connectivity index (χ0) is 21.3. The van der Waals surface area contributed by atoms with Crippen LogP contribution in [0.15, 0.2) is 41.5 Å². The minimum Gasteiger partial charge on any atom is -0.496 e. The molecule has 30 heavy (non-hydrogen) atoms. The molecular weight excluding hydrogens is 384 g/mol. The van der Waals surface area contributed by atoms with E-state index in [0.717, 1.165) is 35.1 Å². The van der Waals surface area contributed by atoms with Gasteiger partial charge in [0, 0.05) is 37.0 Å². The summed E-state index contributed by atoms with van der Waals surface area (Å²) < 4.78 is 18.3. The van der Waals surface area contributed by atoms with Gasteiger partial charge in [-0.1, -0.05) is 6.07 Å². The van der Waals surface area contributed by atoms with E-state index in [1.807, 2.05) is 47.9 Å².